The first-order chi connectivity index (χ1) is 9.24. The van der Waals surface area contributed by atoms with E-state index in [-0.39, 0.29) is 12.4 Å². The Morgan fingerprint density at radius 2 is 1.75 bits per heavy atom. The van der Waals surface area contributed by atoms with Crippen molar-refractivity contribution in [2.24, 2.45) is 0 Å². The maximum Gasteiger partial charge on any atom is 0.141 e. The number of hydrogen-bond acceptors (Lipinski definition) is 3. The minimum absolute atomic E-state index is 0. The van der Waals surface area contributed by atoms with Crippen molar-refractivity contribution in [1.29, 1.82) is 0 Å². The number of benzene rings is 2. The Morgan fingerprint density at radius 1 is 0.950 bits per heavy atom. The highest BCUT2D eigenvalue weighted by molar-refractivity contribution is 6.33. The summed E-state index contributed by atoms with van der Waals surface area (Å²) < 4.78 is 0. The fraction of sp³-hybridized carbons (Fsp3) is 0. The lowest BCUT2D eigenvalue weighted by Crippen LogP contribution is -1.96. The molecule has 0 saturated heterocycles. The number of fused-ring (bicyclic) bond motifs is 1. The molecule has 1 N–H and O–H groups in total. The Hall–Kier alpha value is -1.55. The Kier molecular flexibility index (Phi) is 4.65. The number of nitrogens with zero attached hydrogens (tertiary/aromatic N) is 2. The van der Waals surface area contributed by atoms with Gasteiger partial charge in [-0.1, -0.05) is 35.3 Å². The molecule has 3 rings (SSSR count). The van der Waals surface area contributed by atoms with Gasteiger partial charge in [-0.05, 0) is 30.3 Å². The molecule has 20 heavy (non-hydrogen) atoms. The van der Waals surface area contributed by atoms with Crippen LogP contribution in [0.4, 0.5) is 11.5 Å². The first-order valence-corrected chi connectivity index (χ1v) is 6.41. The monoisotopic (exact) mass is 325 g/mol. The zero-order valence-electron chi connectivity index (χ0n) is 10.2. The van der Waals surface area contributed by atoms with Crippen molar-refractivity contribution in [3.05, 3.63) is 58.8 Å². The minimum atomic E-state index is 0. The molecule has 0 unspecified atom stereocenters. The van der Waals surface area contributed by atoms with Gasteiger partial charge >= 0.3 is 0 Å². The van der Waals surface area contributed by atoms with Crippen molar-refractivity contribution in [2.75, 3.05) is 5.32 Å². The molecule has 0 fully saturated rings. The molecule has 0 aliphatic carbocycles. The first kappa shape index (κ1) is 14.9. The van der Waals surface area contributed by atoms with Gasteiger partial charge in [0, 0.05) is 10.4 Å². The molecule has 3 nitrogen and oxygen atoms in total. The van der Waals surface area contributed by atoms with E-state index in [1.165, 1.54) is 6.33 Å². The smallest absolute Gasteiger partial charge is 0.141 e. The van der Waals surface area contributed by atoms with Gasteiger partial charge < -0.3 is 5.32 Å². The summed E-state index contributed by atoms with van der Waals surface area (Å²) in [6.07, 6.45) is 1.51. The summed E-state index contributed by atoms with van der Waals surface area (Å²) in [7, 11) is 0. The number of halogens is 3. The van der Waals surface area contributed by atoms with Gasteiger partial charge in [0.2, 0.25) is 0 Å². The van der Waals surface area contributed by atoms with Crippen LogP contribution < -0.4 is 5.32 Å². The Balaban J connectivity index is 0.00000147. The SMILES string of the molecule is Cl.Clc1ccc2ncnc(Nc3ccccc3Cl)c2c1. The Bertz CT molecular complexity index is 747. The Labute approximate surface area is 132 Å². The predicted molar refractivity (Wildman–Crippen MR) is 86.5 cm³/mol. The van der Waals surface area contributed by atoms with Gasteiger partial charge in [-0.2, -0.15) is 0 Å². The van der Waals surface area contributed by atoms with Crippen molar-refractivity contribution in [3.8, 4) is 0 Å². The molecule has 1 heterocycles. The standard InChI is InChI=1S/C14H9Cl2N3.ClH/c15-9-5-6-12-10(7-9)14(18-8-17-12)19-13-4-2-1-3-11(13)16;/h1-8H,(H,17,18,19);1H. The van der Waals surface area contributed by atoms with E-state index in [0.29, 0.717) is 15.9 Å². The van der Waals surface area contributed by atoms with Gasteiger partial charge in [0.05, 0.1) is 16.2 Å². The van der Waals surface area contributed by atoms with Crippen LogP contribution in [0, 0.1) is 0 Å². The van der Waals surface area contributed by atoms with Crippen LogP contribution >= 0.6 is 35.6 Å². The van der Waals surface area contributed by atoms with Crippen molar-refractivity contribution in [2.45, 2.75) is 0 Å². The topological polar surface area (TPSA) is 37.8 Å². The van der Waals surface area contributed by atoms with Crippen LogP contribution in [-0.2, 0) is 0 Å². The van der Waals surface area contributed by atoms with Gasteiger partial charge in [0.15, 0.2) is 0 Å². The summed E-state index contributed by atoms with van der Waals surface area (Å²) in [5, 5.41) is 5.34. The molecule has 2 aromatic carbocycles. The van der Waals surface area contributed by atoms with E-state index >= 15 is 0 Å². The third-order valence-electron chi connectivity index (χ3n) is 2.72. The third kappa shape index (κ3) is 2.96. The van der Waals surface area contributed by atoms with E-state index in [0.717, 1.165) is 16.6 Å². The number of para-hydroxylation sites is 1. The summed E-state index contributed by atoms with van der Waals surface area (Å²) in [6.45, 7) is 0. The average Bonchev–Trinajstić information content (AvgIpc) is 2.42. The van der Waals surface area contributed by atoms with Crippen molar-refractivity contribution < 1.29 is 0 Å². The third-order valence-corrected chi connectivity index (χ3v) is 3.29. The summed E-state index contributed by atoms with van der Waals surface area (Å²) >= 11 is 12.1. The second-order valence-electron chi connectivity index (χ2n) is 3.99. The molecule has 0 radical (unpaired) electrons. The van der Waals surface area contributed by atoms with E-state index in [1.54, 1.807) is 6.07 Å². The second kappa shape index (κ2) is 6.27. The molecule has 6 heteroatoms. The summed E-state index contributed by atoms with van der Waals surface area (Å²) in [5.41, 5.74) is 1.62. The number of hydrogen-bond donors (Lipinski definition) is 1. The summed E-state index contributed by atoms with van der Waals surface area (Å²) in [4.78, 5) is 8.45. The maximum atomic E-state index is 6.12. The van der Waals surface area contributed by atoms with E-state index in [9.17, 15) is 0 Å². The lowest BCUT2D eigenvalue weighted by atomic mass is 10.2. The van der Waals surface area contributed by atoms with Gasteiger partial charge in [-0.15, -0.1) is 12.4 Å². The maximum absolute atomic E-state index is 6.12. The first-order valence-electron chi connectivity index (χ1n) is 5.66. The van der Waals surface area contributed by atoms with Gasteiger partial charge in [0.1, 0.15) is 12.1 Å². The molecule has 3 aromatic rings. The lowest BCUT2D eigenvalue weighted by molar-refractivity contribution is 1.22. The minimum Gasteiger partial charge on any atom is -0.338 e. The largest absolute Gasteiger partial charge is 0.338 e. The number of aromatic nitrogens is 2. The number of anilines is 2. The molecule has 0 saturated carbocycles. The molecular formula is C14H10Cl3N3. The fourth-order valence-electron chi connectivity index (χ4n) is 1.82. The number of rotatable bonds is 2. The zero-order chi connectivity index (χ0) is 13.2. The average molecular weight is 327 g/mol. The molecule has 0 atom stereocenters. The fourth-order valence-corrected chi connectivity index (χ4v) is 2.17. The van der Waals surface area contributed by atoms with Gasteiger partial charge in [-0.3, -0.25) is 0 Å². The van der Waals surface area contributed by atoms with Crippen LogP contribution in [0.5, 0.6) is 0 Å². The van der Waals surface area contributed by atoms with Crippen LogP contribution in [0.1, 0.15) is 0 Å². The van der Waals surface area contributed by atoms with E-state index in [2.05, 4.69) is 15.3 Å². The number of nitrogens with one attached hydrogen (secondary N) is 1. The zero-order valence-corrected chi connectivity index (χ0v) is 12.5. The molecule has 1 aromatic heterocycles. The molecule has 0 spiro atoms. The normalized spacial score (nSPS) is 10.1. The molecule has 0 aliphatic rings. The molecule has 0 amide bonds. The van der Waals surface area contributed by atoms with Crippen LogP contribution in [0.25, 0.3) is 10.9 Å². The molecule has 0 bridgehead atoms. The van der Waals surface area contributed by atoms with E-state index < -0.39 is 0 Å². The molecule has 0 aliphatic heterocycles. The van der Waals surface area contributed by atoms with Crippen molar-refractivity contribution in [1.82, 2.24) is 9.97 Å². The van der Waals surface area contributed by atoms with Crippen LogP contribution in [0.15, 0.2) is 48.8 Å². The predicted octanol–water partition coefficient (Wildman–Crippen LogP) is 5.10. The lowest BCUT2D eigenvalue weighted by Gasteiger charge is -2.09. The highest BCUT2D eigenvalue weighted by atomic mass is 35.5. The van der Waals surface area contributed by atoms with Crippen LogP contribution in [0.3, 0.4) is 0 Å². The summed E-state index contributed by atoms with van der Waals surface area (Å²) in [5.74, 6) is 0.681. The van der Waals surface area contributed by atoms with Crippen molar-refractivity contribution >= 4 is 58.0 Å². The van der Waals surface area contributed by atoms with Crippen LogP contribution in [-0.4, -0.2) is 9.97 Å². The second-order valence-corrected chi connectivity index (χ2v) is 4.83. The van der Waals surface area contributed by atoms with Crippen LogP contribution in [0.2, 0.25) is 10.0 Å². The van der Waals surface area contributed by atoms with E-state index in [4.69, 9.17) is 23.2 Å². The van der Waals surface area contributed by atoms with E-state index in [1.807, 2.05) is 36.4 Å². The molecular weight excluding hydrogens is 317 g/mol. The van der Waals surface area contributed by atoms with Gasteiger partial charge in [0.25, 0.3) is 0 Å². The molecule has 102 valence electrons. The van der Waals surface area contributed by atoms with Gasteiger partial charge in [-0.25, -0.2) is 9.97 Å². The summed E-state index contributed by atoms with van der Waals surface area (Å²) in [6, 6.07) is 13.0. The Morgan fingerprint density at radius 3 is 2.55 bits per heavy atom. The van der Waals surface area contributed by atoms with Crippen molar-refractivity contribution in [3.63, 3.8) is 0 Å². The highest BCUT2D eigenvalue weighted by Gasteiger charge is 2.06. The highest BCUT2D eigenvalue weighted by Crippen LogP contribution is 2.28. The quantitative estimate of drug-likeness (QED) is 0.711.